The lowest BCUT2D eigenvalue weighted by Gasteiger charge is -2.15. The zero-order valence-electron chi connectivity index (χ0n) is 24.6. The lowest BCUT2D eigenvalue weighted by atomic mass is 9.98. The minimum Gasteiger partial charge on any atom is -0.494 e. The van der Waals surface area contributed by atoms with E-state index in [-0.39, 0.29) is 0 Å². The largest absolute Gasteiger partial charge is 0.494 e. The number of hydrogen-bond donors (Lipinski definition) is 0. The van der Waals surface area contributed by atoms with Crippen LogP contribution in [0.1, 0.15) is 104 Å². The van der Waals surface area contributed by atoms with Crippen molar-refractivity contribution in [2.45, 2.75) is 92.9 Å². The second-order valence-electron chi connectivity index (χ2n) is 11.8. The highest BCUT2D eigenvalue weighted by Gasteiger charge is 2.12. The Morgan fingerprint density at radius 3 is 1.89 bits per heavy atom. The van der Waals surface area contributed by atoms with Gasteiger partial charge in [-0.15, -0.1) is 0 Å². The summed E-state index contributed by atoms with van der Waals surface area (Å²) in [6, 6.07) is 12.5. The van der Waals surface area contributed by atoms with Crippen LogP contribution >= 0.6 is 31.9 Å². The molecule has 0 aliphatic carbocycles. The molecule has 0 spiro atoms. The summed E-state index contributed by atoms with van der Waals surface area (Å²) in [4.78, 5) is 0. The molecule has 212 valence electrons. The quantitative estimate of drug-likeness (QED) is 0.150. The molecule has 0 amide bonds. The van der Waals surface area contributed by atoms with E-state index in [0.717, 1.165) is 69.5 Å². The van der Waals surface area contributed by atoms with Crippen LogP contribution in [0.5, 0.6) is 11.5 Å². The first-order chi connectivity index (χ1) is 18.2. The van der Waals surface area contributed by atoms with Gasteiger partial charge in [-0.2, -0.15) is 0 Å². The molecule has 0 heterocycles. The van der Waals surface area contributed by atoms with Crippen LogP contribution in [-0.4, -0.2) is 13.2 Å². The molecule has 0 saturated carbocycles. The summed E-state index contributed by atoms with van der Waals surface area (Å²) in [7, 11) is 0. The molecule has 0 aromatic heterocycles. The van der Waals surface area contributed by atoms with Crippen LogP contribution < -0.4 is 9.47 Å². The van der Waals surface area contributed by atoms with Crippen molar-refractivity contribution in [1.29, 1.82) is 0 Å². The molecule has 2 atom stereocenters. The predicted molar refractivity (Wildman–Crippen MR) is 173 cm³/mol. The fraction of sp³-hybridized carbons (Fsp3) is 0.588. The molecule has 2 rings (SSSR count). The van der Waals surface area contributed by atoms with Gasteiger partial charge in [-0.1, -0.05) is 110 Å². The van der Waals surface area contributed by atoms with Gasteiger partial charge in [0.15, 0.2) is 0 Å². The van der Waals surface area contributed by atoms with Gasteiger partial charge in [0.2, 0.25) is 0 Å². The number of ether oxygens (including phenoxy) is 2. The Morgan fingerprint density at radius 2 is 1.29 bits per heavy atom. The van der Waals surface area contributed by atoms with Gasteiger partial charge in [0.1, 0.15) is 11.5 Å². The second-order valence-corrected chi connectivity index (χ2v) is 13.5. The van der Waals surface area contributed by atoms with Crippen molar-refractivity contribution in [3.8, 4) is 11.5 Å². The first-order valence-electron chi connectivity index (χ1n) is 14.7. The average Bonchev–Trinajstić information content (AvgIpc) is 2.85. The number of hydrogen-bond acceptors (Lipinski definition) is 2. The van der Waals surface area contributed by atoms with E-state index in [2.05, 4.69) is 116 Å². The zero-order valence-corrected chi connectivity index (χ0v) is 27.7. The molecule has 2 aromatic rings. The third-order valence-electron chi connectivity index (χ3n) is 7.09. The molecule has 0 fully saturated rings. The molecule has 0 N–H and O–H groups in total. The van der Waals surface area contributed by atoms with Crippen molar-refractivity contribution in [2.24, 2.45) is 23.7 Å². The van der Waals surface area contributed by atoms with Gasteiger partial charge >= 0.3 is 0 Å². The van der Waals surface area contributed by atoms with Gasteiger partial charge in [-0.05, 0) is 97.7 Å². The van der Waals surface area contributed by atoms with E-state index in [0.29, 0.717) is 11.8 Å². The van der Waals surface area contributed by atoms with E-state index in [1.165, 1.54) is 38.5 Å². The van der Waals surface area contributed by atoms with Crippen LogP contribution in [-0.2, 0) is 0 Å². The van der Waals surface area contributed by atoms with E-state index in [4.69, 9.17) is 9.47 Å². The highest BCUT2D eigenvalue weighted by Crippen LogP contribution is 2.37. The van der Waals surface area contributed by atoms with Crippen molar-refractivity contribution in [3.63, 3.8) is 0 Å². The summed E-state index contributed by atoms with van der Waals surface area (Å²) >= 11 is 7.46. The Labute approximate surface area is 250 Å². The van der Waals surface area contributed by atoms with Crippen LogP contribution in [0.4, 0.5) is 0 Å². The Morgan fingerprint density at radius 1 is 0.684 bits per heavy atom. The molecule has 0 aliphatic heterocycles. The van der Waals surface area contributed by atoms with Gasteiger partial charge in [-0.3, -0.25) is 0 Å². The van der Waals surface area contributed by atoms with Crippen LogP contribution in [0.25, 0.3) is 12.2 Å². The summed E-state index contributed by atoms with van der Waals surface area (Å²) in [5, 5.41) is 0. The topological polar surface area (TPSA) is 18.5 Å². The van der Waals surface area contributed by atoms with Gasteiger partial charge in [0.25, 0.3) is 0 Å². The molecule has 2 nitrogen and oxygen atoms in total. The Balaban J connectivity index is 1.88. The van der Waals surface area contributed by atoms with Crippen molar-refractivity contribution in [3.05, 3.63) is 56.5 Å². The Bertz CT molecular complexity index is 967. The minimum atomic E-state index is 0.678. The van der Waals surface area contributed by atoms with E-state index in [1.54, 1.807) is 0 Å². The summed E-state index contributed by atoms with van der Waals surface area (Å²) in [6.07, 6.45) is 14.2. The van der Waals surface area contributed by atoms with Crippen molar-refractivity contribution in [2.75, 3.05) is 13.2 Å². The number of benzene rings is 2. The van der Waals surface area contributed by atoms with Crippen LogP contribution in [0.15, 0.2) is 45.3 Å². The fourth-order valence-electron chi connectivity index (χ4n) is 4.48. The molecule has 4 heteroatoms. The monoisotopic (exact) mass is 648 g/mol. The molecule has 2 aromatic carbocycles. The Kier molecular flexibility index (Phi) is 15.7. The highest BCUT2D eigenvalue weighted by molar-refractivity contribution is 9.11. The van der Waals surface area contributed by atoms with Gasteiger partial charge in [0, 0.05) is 0 Å². The van der Waals surface area contributed by atoms with Crippen LogP contribution in [0.3, 0.4) is 0 Å². The molecule has 2 unspecified atom stereocenters. The first-order valence-corrected chi connectivity index (χ1v) is 16.3. The molecule has 0 saturated heterocycles. The molecule has 0 aliphatic rings. The molecular weight excluding hydrogens is 600 g/mol. The van der Waals surface area contributed by atoms with E-state index >= 15 is 0 Å². The summed E-state index contributed by atoms with van der Waals surface area (Å²) in [6.45, 7) is 15.4. The minimum absolute atomic E-state index is 0.678. The molecular formula is C34H50Br2O2. The maximum absolute atomic E-state index is 6.23. The third-order valence-corrected chi connectivity index (χ3v) is 8.53. The summed E-state index contributed by atoms with van der Waals surface area (Å²) in [5.41, 5.74) is 2.22. The normalized spacial score (nSPS) is 13.4. The van der Waals surface area contributed by atoms with E-state index < -0.39 is 0 Å². The smallest absolute Gasteiger partial charge is 0.148 e. The van der Waals surface area contributed by atoms with Crippen LogP contribution in [0, 0.1) is 23.7 Å². The maximum Gasteiger partial charge on any atom is 0.148 e. The van der Waals surface area contributed by atoms with Crippen molar-refractivity contribution in [1.82, 2.24) is 0 Å². The van der Waals surface area contributed by atoms with Gasteiger partial charge < -0.3 is 9.47 Å². The predicted octanol–water partition coefficient (Wildman–Crippen LogP) is 11.8. The lowest BCUT2D eigenvalue weighted by molar-refractivity contribution is 0.273. The van der Waals surface area contributed by atoms with E-state index in [9.17, 15) is 0 Å². The summed E-state index contributed by atoms with van der Waals surface area (Å²) < 4.78 is 14.3. The van der Waals surface area contributed by atoms with Crippen LogP contribution in [0.2, 0.25) is 0 Å². The van der Waals surface area contributed by atoms with Crippen molar-refractivity contribution < 1.29 is 9.47 Å². The highest BCUT2D eigenvalue weighted by atomic mass is 79.9. The van der Waals surface area contributed by atoms with Gasteiger partial charge in [0.05, 0.1) is 22.2 Å². The molecule has 0 radical (unpaired) electrons. The third kappa shape index (κ3) is 13.2. The fourth-order valence-corrected chi connectivity index (χ4v) is 5.78. The second kappa shape index (κ2) is 18.2. The number of rotatable bonds is 18. The first kappa shape index (κ1) is 32.9. The molecule has 0 bridgehead atoms. The standard InChI is InChI=1S/C34H50Br2O2/c1-25(2)10-7-12-27(5)20-22-37-31-15-9-14-29(24-31)16-17-30-18-19-32(35)34(33(30)36)38-23-21-28(6)13-8-11-26(3)4/h9,14-19,24-28H,7-8,10-13,20-23H2,1-6H3. The summed E-state index contributed by atoms with van der Waals surface area (Å²) in [5.74, 6) is 4.77. The molecule has 38 heavy (non-hydrogen) atoms. The average molecular weight is 651 g/mol. The Hall–Kier alpha value is -1.26. The van der Waals surface area contributed by atoms with Gasteiger partial charge in [-0.25, -0.2) is 0 Å². The zero-order chi connectivity index (χ0) is 27.9. The SMILES string of the molecule is CC(C)CCCC(C)CCOc1cccc(C=Cc2ccc(Br)c(OCCC(C)CCCC(C)C)c2Br)c1. The van der Waals surface area contributed by atoms with Crippen molar-refractivity contribution >= 4 is 44.0 Å². The maximum atomic E-state index is 6.23. The lowest BCUT2D eigenvalue weighted by Crippen LogP contribution is -2.05. The number of halogens is 2. The van der Waals surface area contributed by atoms with E-state index in [1.807, 2.05) is 6.07 Å².